The summed E-state index contributed by atoms with van der Waals surface area (Å²) in [5.41, 5.74) is 0.798. The number of likely N-dealkylation sites (tertiary alicyclic amines) is 1. The third kappa shape index (κ3) is 4.65. The minimum absolute atomic E-state index is 0.0104. The largest absolute Gasteiger partial charge is 0.493 e. The molecule has 0 bridgehead atoms. The molecule has 0 radical (unpaired) electrons. The lowest BCUT2D eigenvalue weighted by atomic mass is 10.1. The van der Waals surface area contributed by atoms with Crippen LogP contribution in [-0.4, -0.2) is 72.6 Å². The van der Waals surface area contributed by atoms with Crippen molar-refractivity contribution in [1.29, 1.82) is 0 Å². The van der Waals surface area contributed by atoms with Gasteiger partial charge in [0.2, 0.25) is 5.91 Å². The number of benzene rings is 2. The van der Waals surface area contributed by atoms with E-state index in [1.807, 2.05) is 11.9 Å². The average Bonchev–Trinajstić information content (AvgIpc) is 3.16. The van der Waals surface area contributed by atoms with Crippen LogP contribution in [-0.2, 0) is 4.79 Å². The minimum Gasteiger partial charge on any atom is -0.493 e. The first kappa shape index (κ1) is 23.0. The second kappa shape index (κ2) is 9.36. The Labute approximate surface area is 196 Å². The molecule has 1 aromatic heterocycles. The van der Waals surface area contributed by atoms with E-state index in [4.69, 9.17) is 21.1 Å². The number of carbonyl (C=O) groups excluding carboxylic acids is 1. The van der Waals surface area contributed by atoms with Gasteiger partial charge in [-0.2, -0.15) is 0 Å². The maximum Gasteiger partial charge on any atom is 0.239 e. The van der Waals surface area contributed by atoms with Gasteiger partial charge in [-0.15, -0.1) is 0 Å². The number of carbonyl (C=O) groups is 1. The van der Waals surface area contributed by atoms with Gasteiger partial charge in [-0.05, 0) is 25.2 Å². The van der Waals surface area contributed by atoms with Crippen molar-refractivity contribution >= 4 is 39.9 Å². The topological polar surface area (TPSA) is 79.8 Å². The van der Waals surface area contributed by atoms with Gasteiger partial charge in [-0.3, -0.25) is 9.69 Å². The second-order valence-electron chi connectivity index (χ2n) is 8.13. The molecule has 1 aliphatic heterocycles. The van der Waals surface area contributed by atoms with Crippen LogP contribution in [0.25, 0.3) is 10.9 Å². The Morgan fingerprint density at radius 2 is 2.06 bits per heavy atom. The number of anilines is 2. The fourth-order valence-corrected chi connectivity index (χ4v) is 4.12. The standard InChI is InChI=1S/C23H25ClFN5O3/c1-29(2)23(31)18-8-13(11-30(18)3)33-20-9-14-17(10-19(20)32-4)26-12-27-22(14)28-16-7-5-6-15(24)21(16)25/h5-7,9-10,12-13,18H,8,11H2,1-4H3,(H,26,27,28)/t13-,18+/m0/s1. The SMILES string of the molecule is COc1cc2ncnc(Nc3cccc(Cl)c3F)c2cc1O[C@H]1C[C@H](C(=O)N(C)C)N(C)C1. The lowest BCUT2D eigenvalue weighted by molar-refractivity contribution is -0.133. The van der Waals surface area contributed by atoms with Gasteiger partial charge < -0.3 is 19.7 Å². The highest BCUT2D eigenvalue weighted by Crippen LogP contribution is 2.37. The maximum atomic E-state index is 14.4. The number of nitrogens with zero attached hydrogens (tertiary/aromatic N) is 4. The summed E-state index contributed by atoms with van der Waals surface area (Å²) < 4.78 is 26.2. The molecular formula is C23H25ClFN5O3. The number of halogens is 2. The Balaban J connectivity index is 1.65. The first-order chi connectivity index (χ1) is 15.8. The van der Waals surface area contributed by atoms with E-state index in [0.29, 0.717) is 41.2 Å². The molecule has 1 fully saturated rings. The molecule has 2 atom stereocenters. The molecule has 1 amide bonds. The number of nitrogens with one attached hydrogen (secondary N) is 1. The zero-order chi connectivity index (χ0) is 23.7. The van der Waals surface area contributed by atoms with Crippen LogP contribution in [0.1, 0.15) is 6.42 Å². The van der Waals surface area contributed by atoms with Crippen LogP contribution in [0.3, 0.4) is 0 Å². The average molecular weight is 474 g/mol. The normalized spacial score (nSPS) is 18.4. The van der Waals surface area contributed by atoms with E-state index in [2.05, 4.69) is 15.3 Å². The van der Waals surface area contributed by atoms with Gasteiger partial charge in [-0.1, -0.05) is 17.7 Å². The first-order valence-electron chi connectivity index (χ1n) is 10.4. The second-order valence-corrected chi connectivity index (χ2v) is 8.54. The molecule has 4 rings (SSSR count). The van der Waals surface area contributed by atoms with Crippen molar-refractivity contribution in [2.45, 2.75) is 18.6 Å². The Kier molecular flexibility index (Phi) is 6.53. The van der Waals surface area contributed by atoms with Crippen molar-refractivity contribution in [3.63, 3.8) is 0 Å². The van der Waals surface area contributed by atoms with Crippen LogP contribution in [0.5, 0.6) is 11.5 Å². The third-order valence-electron chi connectivity index (χ3n) is 5.65. The predicted octanol–water partition coefficient (Wildman–Crippen LogP) is 3.71. The molecule has 2 aromatic carbocycles. The molecular weight excluding hydrogens is 449 g/mol. The zero-order valence-corrected chi connectivity index (χ0v) is 19.6. The van der Waals surface area contributed by atoms with Crippen LogP contribution in [0.2, 0.25) is 5.02 Å². The number of hydrogen-bond donors (Lipinski definition) is 1. The van der Waals surface area contributed by atoms with Gasteiger partial charge in [-0.25, -0.2) is 14.4 Å². The predicted molar refractivity (Wildman–Crippen MR) is 125 cm³/mol. The van der Waals surface area contributed by atoms with Gasteiger partial charge in [0.1, 0.15) is 18.2 Å². The Bertz CT molecular complexity index is 1190. The van der Waals surface area contributed by atoms with E-state index in [1.54, 1.807) is 50.4 Å². The molecule has 8 nitrogen and oxygen atoms in total. The number of ether oxygens (including phenoxy) is 2. The van der Waals surface area contributed by atoms with Crippen LogP contribution in [0.4, 0.5) is 15.9 Å². The molecule has 1 N–H and O–H groups in total. The summed E-state index contributed by atoms with van der Waals surface area (Å²) in [6.07, 6.45) is 1.73. The van der Waals surface area contributed by atoms with Crippen molar-refractivity contribution in [3.05, 3.63) is 47.5 Å². The number of rotatable bonds is 6. The van der Waals surface area contributed by atoms with E-state index >= 15 is 0 Å². The summed E-state index contributed by atoms with van der Waals surface area (Å²) in [6, 6.07) is 7.96. The molecule has 174 valence electrons. The summed E-state index contributed by atoms with van der Waals surface area (Å²) in [4.78, 5) is 24.6. The molecule has 3 aromatic rings. The highest BCUT2D eigenvalue weighted by atomic mass is 35.5. The lowest BCUT2D eigenvalue weighted by Crippen LogP contribution is -2.40. The van der Waals surface area contributed by atoms with Gasteiger partial charge >= 0.3 is 0 Å². The Morgan fingerprint density at radius 3 is 2.79 bits per heavy atom. The molecule has 0 spiro atoms. The van der Waals surface area contributed by atoms with Crippen molar-refractivity contribution in [2.24, 2.45) is 0 Å². The smallest absolute Gasteiger partial charge is 0.239 e. The van der Waals surface area contributed by atoms with E-state index < -0.39 is 5.82 Å². The number of methoxy groups -OCH3 is 1. The van der Waals surface area contributed by atoms with Crippen LogP contribution in [0.15, 0.2) is 36.7 Å². The number of amides is 1. The van der Waals surface area contributed by atoms with Crippen LogP contribution in [0, 0.1) is 5.82 Å². The number of aromatic nitrogens is 2. The van der Waals surface area contributed by atoms with Gasteiger partial charge in [0.25, 0.3) is 0 Å². The van der Waals surface area contributed by atoms with Crippen LogP contribution < -0.4 is 14.8 Å². The van der Waals surface area contributed by atoms with Gasteiger partial charge in [0.15, 0.2) is 17.3 Å². The van der Waals surface area contributed by atoms with Gasteiger partial charge in [0, 0.05) is 38.5 Å². The first-order valence-corrected chi connectivity index (χ1v) is 10.8. The van der Waals surface area contributed by atoms with E-state index in [9.17, 15) is 9.18 Å². The van der Waals surface area contributed by atoms with E-state index in [-0.39, 0.29) is 28.8 Å². The van der Waals surface area contributed by atoms with Crippen LogP contribution >= 0.6 is 11.6 Å². The van der Waals surface area contributed by atoms with Crippen molar-refractivity contribution in [1.82, 2.24) is 19.8 Å². The zero-order valence-electron chi connectivity index (χ0n) is 18.8. The third-order valence-corrected chi connectivity index (χ3v) is 5.95. The molecule has 0 unspecified atom stereocenters. The van der Waals surface area contributed by atoms with Gasteiger partial charge in [0.05, 0.1) is 29.4 Å². The van der Waals surface area contributed by atoms with E-state index in [0.717, 1.165) is 0 Å². The molecule has 1 saturated heterocycles. The summed E-state index contributed by atoms with van der Waals surface area (Å²) in [7, 11) is 6.94. The summed E-state index contributed by atoms with van der Waals surface area (Å²) in [6.45, 7) is 0.593. The Morgan fingerprint density at radius 1 is 1.27 bits per heavy atom. The quantitative estimate of drug-likeness (QED) is 0.584. The molecule has 10 heteroatoms. The molecule has 0 aliphatic carbocycles. The highest BCUT2D eigenvalue weighted by molar-refractivity contribution is 6.31. The van der Waals surface area contributed by atoms with Crippen molar-refractivity contribution < 1.29 is 18.7 Å². The summed E-state index contributed by atoms with van der Waals surface area (Å²) in [5, 5.41) is 3.63. The highest BCUT2D eigenvalue weighted by Gasteiger charge is 2.36. The fraction of sp³-hybridized carbons (Fsp3) is 0.348. The monoisotopic (exact) mass is 473 g/mol. The maximum absolute atomic E-state index is 14.4. The summed E-state index contributed by atoms with van der Waals surface area (Å²) in [5.74, 6) is 0.869. The molecule has 1 aliphatic rings. The number of likely N-dealkylation sites (N-methyl/N-ethyl adjacent to an activating group) is 2. The molecule has 2 heterocycles. The lowest BCUT2D eigenvalue weighted by Gasteiger charge is -2.21. The van der Waals surface area contributed by atoms with E-state index in [1.165, 1.54) is 12.4 Å². The van der Waals surface area contributed by atoms with Crippen molar-refractivity contribution in [3.8, 4) is 11.5 Å². The number of fused-ring (bicyclic) bond motifs is 1. The summed E-state index contributed by atoms with van der Waals surface area (Å²) >= 11 is 5.91. The minimum atomic E-state index is -0.568. The molecule has 33 heavy (non-hydrogen) atoms. The Hall–Kier alpha value is -3.17. The molecule has 0 saturated carbocycles. The fourth-order valence-electron chi connectivity index (χ4n) is 3.95. The van der Waals surface area contributed by atoms with Crippen molar-refractivity contribution in [2.75, 3.05) is 40.1 Å². The number of hydrogen-bond acceptors (Lipinski definition) is 7.